The van der Waals surface area contributed by atoms with E-state index in [1.54, 1.807) is 19.0 Å². The third-order valence-corrected chi connectivity index (χ3v) is 8.34. The quantitative estimate of drug-likeness (QED) is 0.331. The fourth-order valence-electron chi connectivity index (χ4n) is 6.56. The minimum atomic E-state index is -2.58. The molecule has 10 nitrogen and oxygen atoms in total. The Balaban J connectivity index is 1.90. The minimum Gasteiger partial charge on any atom is -0.510 e. The molecule has 0 radical (unpaired) electrons. The molecule has 0 amide bonds. The second kappa shape index (κ2) is 10.0. The van der Waals surface area contributed by atoms with E-state index >= 15 is 0 Å². The maximum absolute atomic E-state index is 14.1. The van der Waals surface area contributed by atoms with Crippen LogP contribution in [-0.2, 0) is 22.6 Å². The van der Waals surface area contributed by atoms with Gasteiger partial charge in [0.2, 0.25) is 5.78 Å². The lowest BCUT2D eigenvalue weighted by Crippen LogP contribution is -2.63. The Hall–Kier alpha value is -3.21. The van der Waals surface area contributed by atoms with Gasteiger partial charge in [-0.25, -0.2) is 0 Å². The van der Waals surface area contributed by atoms with Crippen molar-refractivity contribution in [3.63, 3.8) is 0 Å². The minimum absolute atomic E-state index is 0.000482. The summed E-state index contributed by atoms with van der Waals surface area (Å²) < 4.78 is 0. The Kier molecular flexibility index (Phi) is 7.45. The average Bonchev–Trinajstić information content (AvgIpc) is 2.81. The third kappa shape index (κ3) is 4.52. The maximum atomic E-state index is 14.1. The van der Waals surface area contributed by atoms with Crippen LogP contribution in [0.1, 0.15) is 55.6 Å². The SMILES string of the molecule is CC(=O)C1=C(O)[C@@H](N(C)C)[C@@H]2C[C@@H]3Cc4c(N(C)C)cc(CNCC(C)(C)C)c(O)c4C(=O)C3=C(O)[C@]2(O)C1=O. The molecule has 1 aromatic carbocycles. The standard InChI is InChI=1S/C30H41N3O7/c1-14(34)20-26(37)23(33(7)8)18-10-15-9-17-19(32(5)6)11-16(12-31-13-29(2,3)4)24(35)22(17)25(36)21(15)28(39)30(18,40)27(20)38/h11,15,18,23,31,35,37,39-40H,9-10,12-13H2,1-8H3/t15-,18-,23-,30+/m0/s1. The molecule has 0 saturated heterocycles. The molecule has 0 aliphatic heterocycles. The predicted molar refractivity (Wildman–Crippen MR) is 151 cm³/mol. The zero-order valence-corrected chi connectivity index (χ0v) is 24.5. The lowest BCUT2D eigenvalue weighted by atomic mass is 9.58. The van der Waals surface area contributed by atoms with Gasteiger partial charge in [0.15, 0.2) is 17.2 Å². The molecular formula is C30H41N3O7. The first kappa shape index (κ1) is 29.8. The Morgan fingerprint density at radius 2 is 1.75 bits per heavy atom. The Morgan fingerprint density at radius 3 is 2.27 bits per heavy atom. The van der Waals surface area contributed by atoms with E-state index in [9.17, 15) is 34.8 Å². The summed E-state index contributed by atoms with van der Waals surface area (Å²) in [5.74, 6) is -5.60. The molecule has 5 N–H and O–H groups in total. The highest BCUT2D eigenvalue weighted by Crippen LogP contribution is 2.53. The van der Waals surface area contributed by atoms with Crippen LogP contribution in [0.25, 0.3) is 0 Å². The summed E-state index contributed by atoms with van der Waals surface area (Å²) in [7, 11) is 6.98. The Bertz CT molecular complexity index is 1350. The van der Waals surface area contributed by atoms with Gasteiger partial charge in [0, 0.05) is 49.9 Å². The van der Waals surface area contributed by atoms with Crippen LogP contribution in [0.5, 0.6) is 5.75 Å². The molecule has 10 heteroatoms. The highest BCUT2D eigenvalue weighted by molar-refractivity contribution is 6.25. The van der Waals surface area contributed by atoms with E-state index in [0.29, 0.717) is 24.2 Å². The van der Waals surface area contributed by atoms with Gasteiger partial charge in [0.25, 0.3) is 0 Å². The van der Waals surface area contributed by atoms with E-state index in [-0.39, 0.29) is 35.1 Å². The number of nitrogens with one attached hydrogen (secondary N) is 1. The summed E-state index contributed by atoms with van der Waals surface area (Å²) in [5.41, 5.74) is -1.38. The molecule has 0 saturated carbocycles. The van der Waals surface area contributed by atoms with Gasteiger partial charge < -0.3 is 30.6 Å². The van der Waals surface area contributed by atoms with Crippen molar-refractivity contribution in [1.29, 1.82) is 0 Å². The molecule has 40 heavy (non-hydrogen) atoms. The van der Waals surface area contributed by atoms with E-state index < -0.39 is 57.9 Å². The number of rotatable bonds is 6. The van der Waals surface area contributed by atoms with Crippen molar-refractivity contribution >= 4 is 23.0 Å². The first-order valence-electron chi connectivity index (χ1n) is 13.5. The molecule has 4 rings (SSSR count). The monoisotopic (exact) mass is 555 g/mol. The van der Waals surface area contributed by atoms with Gasteiger partial charge in [0.05, 0.1) is 11.6 Å². The molecule has 0 unspecified atom stereocenters. The number of Topliss-reactive ketones (excluding diaryl/α,β-unsaturated/α-hetero) is 3. The lowest BCUT2D eigenvalue weighted by Gasteiger charge is -2.50. The molecule has 4 atom stereocenters. The van der Waals surface area contributed by atoms with Crippen molar-refractivity contribution in [2.24, 2.45) is 17.3 Å². The number of anilines is 1. The number of aliphatic hydroxyl groups is 3. The second-order valence-corrected chi connectivity index (χ2v) is 13.0. The fourth-order valence-corrected chi connectivity index (χ4v) is 6.56. The van der Waals surface area contributed by atoms with Crippen molar-refractivity contribution in [2.75, 3.05) is 39.6 Å². The number of aliphatic hydroxyl groups excluding tert-OH is 2. The van der Waals surface area contributed by atoms with Crippen LogP contribution in [0.3, 0.4) is 0 Å². The number of fused-ring (bicyclic) bond motifs is 3. The first-order valence-corrected chi connectivity index (χ1v) is 13.5. The van der Waals surface area contributed by atoms with Crippen LogP contribution in [-0.4, -0.2) is 89.1 Å². The van der Waals surface area contributed by atoms with Crippen LogP contribution in [0, 0.1) is 17.3 Å². The molecule has 1 aromatic rings. The number of likely N-dealkylation sites (N-methyl/N-ethyl adjacent to an activating group) is 1. The van der Waals surface area contributed by atoms with Crippen molar-refractivity contribution in [3.8, 4) is 5.75 Å². The van der Waals surface area contributed by atoms with Crippen molar-refractivity contribution in [2.45, 2.75) is 58.7 Å². The van der Waals surface area contributed by atoms with Crippen LogP contribution in [0.4, 0.5) is 5.69 Å². The molecular weight excluding hydrogens is 514 g/mol. The predicted octanol–water partition coefficient (Wildman–Crippen LogP) is 2.43. The summed E-state index contributed by atoms with van der Waals surface area (Å²) in [6.07, 6.45) is 0.357. The van der Waals surface area contributed by atoms with Crippen molar-refractivity contribution in [1.82, 2.24) is 10.2 Å². The van der Waals surface area contributed by atoms with E-state index in [0.717, 1.165) is 12.6 Å². The smallest absolute Gasteiger partial charge is 0.209 e. The molecule has 0 bridgehead atoms. The van der Waals surface area contributed by atoms with Gasteiger partial charge in [-0.3, -0.25) is 19.3 Å². The zero-order chi connectivity index (χ0) is 30.1. The number of carbonyl (C=O) groups is 3. The second-order valence-electron chi connectivity index (χ2n) is 13.0. The normalized spacial score (nSPS) is 26.6. The number of ketones is 3. The average molecular weight is 556 g/mol. The summed E-state index contributed by atoms with van der Waals surface area (Å²) in [6.45, 7) is 8.33. The van der Waals surface area contributed by atoms with E-state index in [1.807, 2.05) is 25.1 Å². The number of carbonyl (C=O) groups excluding carboxylic acids is 3. The number of allylic oxidation sites excluding steroid dienone is 1. The van der Waals surface area contributed by atoms with Gasteiger partial charge in [0.1, 0.15) is 22.8 Å². The molecule has 3 aliphatic carbocycles. The van der Waals surface area contributed by atoms with Crippen LogP contribution < -0.4 is 10.2 Å². The fraction of sp³-hybridized carbons (Fsp3) is 0.567. The zero-order valence-electron chi connectivity index (χ0n) is 24.5. The van der Waals surface area contributed by atoms with E-state index in [4.69, 9.17) is 0 Å². The number of phenols is 1. The number of hydrogen-bond acceptors (Lipinski definition) is 10. The number of nitrogens with zero attached hydrogens (tertiary/aromatic N) is 2. The van der Waals surface area contributed by atoms with Crippen molar-refractivity contribution < 1.29 is 34.8 Å². The van der Waals surface area contributed by atoms with Gasteiger partial charge in [-0.15, -0.1) is 0 Å². The molecule has 0 heterocycles. The topological polar surface area (TPSA) is 151 Å². The summed E-state index contributed by atoms with van der Waals surface area (Å²) >= 11 is 0. The molecule has 3 aliphatic rings. The highest BCUT2D eigenvalue weighted by atomic mass is 16.3. The van der Waals surface area contributed by atoms with Crippen LogP contribution in [0.2, 0.25) is 0 Å². The first-order chi connectivity index (χ1) is 18.4. The number of phenolic OH excluding ortho intramolecular Hbond substituents is 1. The van der Waals surface area contributed by atoms with Crippen LogP contribution in [0.15, 0.2) is 28.7 Å². The molecule has 218 valence electrons. The Labute approximate surface area is 235 Å². The summed E-state index contributed by atoms with van der Waals surface area (Å²) in [4.78, 5) is 43.4. The van der Waals surface area contributed by atoms with Gasteiger partial charge >= 0.3 is 0 Å². The lowest BCUT2D eigenvalue weighted by molar-refractivity contribution is -0.148. The molecule has 0 spiro atoms. The number of hydrogen-bond donors (Lipinski definition) is 5. The Morgan fingerprint density at radius 1 is 1.12 bits per heavy atom. The van der Waals surface area contributed by atoms with Gasteiger partial charge in [-0.05, 0) is 56.8 Å². The summed E-state index contributed by atoms with van der Waals surface area (Å²) in [5, 5.41) is 49.0. The van der Waals surface area contributed by atoms with Crippen LogP contribution >= 0.6 is 0 Å². The van der Waals surface area contributed by atoms with Crippen molar-refractivity contribution in [3.05, 3.63) is 45.4 Å². The summed E-state index contributed by atoms with van der Waals surface area (Å²) in [6, 6.07) is 0.908. The van der Waals surface area contributed by atoms with E-state index in [2.05, 4.69) is 26.1 Å². The number of aromatic hydroxyl groups is 1. The molecule has 0 aromatic heterocycles. The maximum Gasteiger partial charge on any atom is 0.209 e. The molecule has 0 fully saturated rings. The highest BCUT2D eigenvalue weighted by Gasteiger charge is 2.63. The van der Waals surface area contributed by atoms with E-state index in [1.165, 1.54) is 0 Å². The number of benzene rings is 1. The van der Waals surface area contributed by atoms with Gasteiger partial charge in [-0.2, -0.15) is 0 Å². The largest absolute Gasteiger partial charge is 0.510 e. The van der Waals surface area contributed by atoms with Gasteiger partial charge in [-0.1, -0.05) is 20.8 Å². The third-order valence-electron chi connectivity index (χ3n) is 8.34.